The molecule has 128 valence electrons. The molecule has 1 N–H and O–H groups in total. The number of hydrogen-bond acceptors (Lipinski definition) is 2. The van der Waals surface area contributed by atoms with Gasteiger partial charge in [-0.3, -0.25) is 4.79 Å². The first-order chi connectivity index (χ1) is 12.1. The van der Waals surface area contributed by atoms with E-state index in [9.17, 15) is 4.79 Å². The molecule has 3 aromatic rings. The molecule has 0 atom stereocenters. The molecule has 0 aliphatic rings. The van der Waals surface area contributed by atoms with Gasteiger partial charge in [0.2, 0.25) is 5.91 Å². The van der Waals surface area contributed by atoms with Crippen molar-refractivity contribution in [3.63, 3.8) is 0 Å². The van der Waals surface area contributed by atoms with Crippen LogP contribution in [0.2, 0.25) is 0 Å². The molecule has 0 saturated carbocycles. The monoisotopic (exact) mass is 333 g/mol. The summed E-state index contributed by atoms with van der Waals surface area (Å²) in [6.07, 6.45) is 0.982. The summed E-state index contributed by atoms with van der Waals surface area (Å²) in [7, 11) is 0. The van der Waals surface area contributed by atoms with Crippen molar-refractivity contribution in [2.75, 3.05) is 5.32 Å². The van der Waals surface area contributed by atoms with Crippen LogP contribution in [0.1, 0.15) is 37.5 Å². The average molecular weight is 333 g/mol. The summed E-state index contributed by atoms with van der Waals surface area (Å²) < 4.78 is 5.84. The van der Waals surface area contributed by atoms with E-state index in [4.69, 9.17) is 4.42 Å². The fourth-order valence-corrected chi connectivity index (χ4v) is 2.71. The van der Waals surface area contributed by atoms with Gasteiger partial charge < -0.3 is 9.73 Å². The van der Waals surface area contributed by atoms with Crippen LogP contribution in [0.5, 0.6) is 0 Å². The van der Waals surface area contributed by atoms with Crippen molar-refractivity contribution in [1.82, 2.24) is 0 Å². The standard InChI is InChI=1S/C22H23NO2/c1-16(2)18-9-6-10-19(15-18)23-22(24)14-12-20-11-13-21(25-20)17-7-4-3-5-8-17/h3-11,13,15-16H,12,14H2,1-2H3,(H,23,24). The molecule has 3 heteroatoms. The molecule has 0 radical (unpaired) electrons. The van der Waals surface area contributed by atoms with E-state index in [1.807, 2.05) is 60.7 Å². The Kier molecular flexibility index (Phi) is 5.34. The fraction of sp³-hybridized carbons (Fsp3) is 0.227. The predicted molar refractivity (Wildman–Crippen MR) is 102 cm³/mol. The molecule has 1 amide bonds. The van der Waals surface area contributed by atoms with Crippen LogP contribution in [0.15, 0.2) is 71.1 Å². The average Bonchev–Trinajstić information content (AvgIpc) is 3.10. The highest BCUT2D eigenvalue weighted by molar-refractivity contribution is 5.90. The van der Waals surface area contributed by atoms with Gasteiger partial charge in [0, 0.05) is 24.1 Å². The Morgan fingerprint density at radius 2 is 1.80 bits per heavy atom. The van der Waals surface area contributed by atoms with E-state index in [1.54, 1.807) is 0 Å². The summed E-state index contributed by atoms with van der Waals surface area (Å²) in [4.78, 5) is 12.2. The molecule has 1 heterocycles. The van der Waals surface area contributed by atoms with Gasteiger partial charge in [0.15, 0.2) is 0 Å². The summed E-state index contributed by atoms with van der Waals surface area (Å²) in [5, 5.41) is 2.97. The lowest BCUT2D eigenvalue weighted by atomic mass is 10.0. The number of benzene rings is 2. The number of carbonyl (C=O) groups is 1. The van der Waals surface area contributed by atoms with Gasteiger partial charge in [-0.05, 0) is 35.7 Å². The lowest BCUT2D eigenvalue weighted by Crippen LogP contribution is -2.12. The Hall–Kier alpha value is -2.81. The maximum absolute atomic E-state index is 12.2. The zero-order chi connectivity index (χ0) is 17.6. The number of aryl methyl sites for hydroxylation is 1. The van der Waals surface area contributed by atoms with E-state index >= 15 is 0 Å². The van der Waals surface area contributed by atoms with Crippen molar-refractivity contribution in [3.05, 3.63) is 78.1 Å². The molecule has 0 aliphatic carbocycles. The molecule has 1 aromatic heterocycles. The van der Waals surface area contributed by atoms with Crippen molar-refractivity contribution in [2.24, 2.45) is 0 Å². The van der Waals surface area contributed by atoms with Crippen LogP contribution >= 0.6 is 0 Å². The Morgan fingerprint density at radius 1 is 1.00 bits per heavy atom. The molecule has 3 rings (SSSR count). The minimum Gasteiger partial charge on any atom is -0.461 e. The third kappa shape index (κ3) is 4.60. The van der Waals surface area contributed by atoms with Gasteiger partial charge in [-0.25, -0.2) is 0 Å². The molecule has 0 fully saturated rings. The molecule has 0 saturated heterocycles. The SMILES string of the molecule is CC(C)c1cccc(NC(=O)CCc2ccc(-c3ccccc3)o2)c1. The molecule has 0 unspecified atom stereocenters. The van der Waals surface area contributed by atoms with E-state index in [1.165, 1.54) is 5.56 Å². The van der Waals surface area contributed by atoms with Crippen LogP contribution in [0.3, 0.4) is 0 Å². The van der Waals surface area contributed by atoms with E-state index < -0.39 is 0 Å². The minimum atomic E-state index is -0.00133. The molecular weight excluding hydrogens is 310 g/mol. The highest BCUT2D eigenvalue weighted by Crippen LogP contribution is 2.23. The lowest BCUT2D eigenvalue weighted by Gasteiger charge is -2.09. The summed E-state index contributed by atoms with van der Waals surface area (Å²) in [6.45, 7) is 4.28. The van der Waals surface area contributed by atoms with Gasteiger partial charge in [0.1, 0.15) is 11.5 Å². The highest BCUT2D eigenvalue weighted by atomic mass is 16.3. The van der Waals surface area contributed by atoms with Crippen LogP contribution in [0, 0.1) is 0 Å². The zero-order valence-electron chi connectivity index (χ0n) is 14.7. The molecule has 0 bridgehead atoms. The smallest absolute Gasteiger partial charge is 0.224 e. The first-order valence-electron chi connectivity index (χ1n) is 8.66. The first-order valence-corrected chi connectivity index (χ1v) is 8.66. The number of amides is 1. The second kappa shape index (κ2) is 7.84. The van der Waals surface area contributed by atoms with Crippen LogP contribution in [0.4, 0.5) is 5.69 Å². The van der Waals surface area contributed by atoms with Gasteiger partial charge >= 0.3 is 0 Å². The number of anilines is 1. The Balaban J connectivity index is 1.56. The van der Waals surface area contributed by atoms with Gasteiger partial charge in [-0.1, -0.05) is 56.3 Å². The Labute approximate surface area is 148 Å². The molecule has 2 aromatic carbocycles. The summed E-state index contributed by atoms with van der Waals surface area (Å²) in [5.41, 5.74) is 3.11. The number of nitrogens with one attached hydrogen (secondary N) is 1. The third-order valence-electron chi connectivity index (χ3n) is 4.16. The van der Waals surface area contributed by atoms with Crippen molar-refractivity contribution in [3.8, 4) is 11.3 Å². The fourth-order valence-electron chi connectivity index (χ4n) is 2.71. The van der Waals surface area contributed by atoms with Gasteiger partial charge in [0.05, 0.1) is 0 Å². The maximum atomic E-state index is 12.2. The molecule has 3 nitrogen and oxygen atoms in total. The number of furan rings is 1. The summed E-state index contributed by atoms with van der Waals surface area (Å²) >= 11 is 0. The van der Waals surface area contributed by atoms with Crippen LogP contribution in [-0.4, -0.2) is 5.91 Å². The molecule has 25 heavy (non-hydrogen) atoms. The van der Waals surface area contributed by atoms with Crippen LogP contribution < -0.4 is 5.32 Å². The van der Waals surface area contributed by atoms with E-state index in [-0.39, 0.29) is 5.91 Å². The Morgan fingerprint density at radius 3 is 2.56 bits per heavy atom. The first kappa shape index (κ1) is 17.0. The number of rotatable bonds is 6. The van der Waals surface area contributed by atoms with Gasteiger partial charge in [0.25, 0.3) is 0 Å². The second-order valence-electron chi connectivity index (χ2n) is 6.46. The summed E-state index contributed by atoms with van der Waals surface area (Å²) in [6, 6.07) is 21.9. The third-order valence-corrected chi connectivity index (χ3v) is 4.16. The van der Waals surface area contributed by atoms with Crippen molar-refractivity contribution >= 4 is 11.6 Å². The molecule has 0 aliphatic heterocycles. The Bertz CT molecular complexity index is 834. The van der Waals surface area contributed by atoms with E-state index in [0.717, 1.165) is 22.8 Å². The van der Waals surface area contributed by atoms with E-state index in [0.29, 0.717) is 18.8 Å². The lowest BCUT2D eigenvalue weighted by molar-refractivity contribution is -0.116. The number of carbonyl (C=O) groups excluding carboxylic acids is 1. The second-order valence-corrected chi connectivity index (χ2v) is 6.46. The highest BCUT2D eigenvalue weighted by Gasteiger charge is 2.08. The topological polar surface area (TPSA) is 42.2 Å². The van der Waals surface area contributed by atoms with Crippen molar-refractivity contribution in [2.45, 2.75) is 32.6 Å². The normalized spacial score (nSPS) is 10.8. The van der Waals surface area contributed by atoms with Gasteiger partial charge in [-0.2, -0.15) is 0 Å². The predicted octanol–water partition coefficient (Wildman–Crippen LogP) is 5.64. The van der Waals surface area contributed by atoms with Crippen molar-refractivity contribution < 1.29 is 9.21 Å². The molecular formula is C22H23NO2. The zero-order valence-corrected chi connectivity index (χ0v) is 14.7. The largest absolute Gasteiger partial charge is 0.461 e. The van der Waals surface area contributed by atoms with Crippen LogP contribution in [-0.2, 0) is 11.2 Å². The van der Waals surface area contributed by atoms with E-state index in [2.05, 4.69) is 25.2 Å². The van der Waals surface area contributed by atoms with Crippen molar-refractivity contribution in [1.29, 1.82) is 0 Å². The van der Waals surface area contributed by atoms with Gasteiger partial charge in [-0.15, -0.1) is 0 Å². The maximum Gasteiger partial charge on any atom is 0.224 e. The number of hydrogen-bond donors (Lipinski definition) is 1. The summed E-state index contributed by atoms with van der Waals surface area (Å²) in [5.74, 6) is 2.10. The molecule has 0 spiro atoms. The van der Waals surface area contributed by atoms with Crippen LogP contribution in [0.25, 0.3) is 11.3 Å². The quantitative estimate of drug-likeness (QED) is 0.634. The minimum absolute atomic E-state index is 0.00133.